The van der Waals surface area contributed by atoms with Crippen LogP contribution in [0.25, 0.3) is 0 Å². The minimum atomic E-state index is 0.215. The molecule has 2 N–H and O–H groups in total. The van der Waals surface area contributed by atoms with Crippen LogP contribution in [-0.2, 0) is 11.2 Å². The molecule has 3 rings (SSSR count). The highest BCUT2D eigenvalue weighted by molar-refractivity contribution is 5.82. The lowest BCUT2D eigenvalue weighted by molar-refractivity contribution is -0.128. The second-order valence-corrected chi connectivity index (χ2v) is 6.09. The highest BCUT2D eigenvalue weighted by atomic mass is 16.2. The summed E-state index contributed by atoms with van der Waals surface area (Å²) in [5, 5.41) is 0. The fourth-order valence-corrected chi connectivity index (χ4v) is 2.97. The van der Waals surface area contributed by atoms with Crippen molar-refractivity contribution in [3.63, 3.8) is 0 Å². The van der Waals surface area contributed by atoms with Gasteiger partial charge in [-0.2, -0.15) is 0 Å². The number of nitrogens with zero attached hydrogens (tertiary/aromatic N) is 2. The lowest BCUT2D eigenvalue weighted by Gasteiger charge is -2.32. The quantitative estimate of drug-likeness (QED) is 0.852. The molecular weight excluding hydrogens is 250 g/mol. The number of likely N-dealkylation sites (N-methyl/N-ethyl adjacent to an activating group) is 1. The SMILES string of the molecule is CN(CC1CC1)C(=O)CN1CCCc2c(N)cccc21. The van der Waals surface area contributed by atoms with Gasteiger partial charge >= 0.3 is 0 Å². The van der Waals surface area contributed by atoms with E-state index >= 15 is 0 Å². The molecule has 1 aliphatic heterocycles. The summed E-state index contributed by atoms with van der Waals surface area (Å²) < 4.78 is 0. The summed E-state index contributed by atoms with van der Waals surface area (Å²) in [5.41, 5.74) is 9.25. The molecule has 0 unspecified atom stereocenters. The largest absolute Gasteiger partial charge is 0.398 e. The Hall–Kier alpha value is -1.71. The number of benzene rings is 1. The van der Waals surface area contributed by atoms with Crippen molar-refractivity contribution in [2.45, 2.75) is 25.7 Å². The van der Waals surface area contributed by atoms with Gasteiger partial charge in [-0.05, 0) is 49.3 Å². The predicted octanol–water partition coefficient (Wildman–Crippen LogP) is 1.89. The normalized spacial score (nSPS) is 17.8. The van der Waals surface area contributed by atoms with Gasteiger partial charge in [-0.25, -0.2) is 0 Å². The molecule has 1 aromatic rings. The number of carbonyl (C=O) groups is 1. The predicted molar refractivity (Wildman–Crippen MR) is 81.7 cm³/mol. The van der Waals surface area contributed by atoms with E-state index in [4.69, 9.17) is 5.73 Å². The average molecular weight is 273 g/mol. The van der Waals surface area contributed by atoms with Crippen LogP contribution < -0.4 is 10.6 Å². The van der Waals surface area contributed by atoms with Gasteiger partial charge < -0.3 is 15.5 Å². The van der Waals surface area contributed by atoms with Crippen LogP contribution in [0.3, 0.4) is 0 Å². The maximum atomic E-state index is 12.3. The smallest absolute Gasteiger partial charge is 0.241 e. The third-order valence-electron chi connectivity index (χ3n) is 4.36. The summed E-state index contributed by atoms with van der Waals surface area (Å²) in [6.45, 7) is 2.33. The fourth-order valence-electron chi connectivity index (χ4n) is 2.97. The molecule has 2 aliphatic rings. The highest BCUT2D eigenvalue weighted by Crippen LogP contribution is 2.32. The summed E-state index contributed by atoms with van der Waals surface area (Å²) in [6.07, 6.45) is 4.65. The van der Waals surface area contributed by atoms with Gasteiger partial charge in [0.15, 0.2) is 0 Å². The lowest BCUT2D eigenvalue weighted by Crippen LogP contribution is -2.41. The van der Waals surface area contributed by atoms with Crippen molar-refractivity contribution in [2.75, 3.05) is 37.3 Å². The molecule has 0 aromatic heterocycles. The number of hydrogen-bond acceptors (Lipinski definition) is 3. The number of rotatable bonds is 4. The van der Waals surface area contributed by atoms with Crippen molar-refractivity contribution < 1.29 is 4.79 Å². The second-order valence-electron chi connectivity index (χ2n) is 6.09. The van der Waals surface area contributed by atoms with Gasteiger partial charge in [0.2, 0.25) is 5.91 Å². The molecule has 0 saturated heterocycles. The van der Waals surface area contributed by atoms with E-state index in [1.165, 1.54) is 18.4 Å². The number of anilines is 2. The van der Waals surface area contributed by atoms with Crippen LogP contribution in [0.4, 0.5) is 11.4 Å². The Balaban J connectivity index is 1.69. The zero-order valence-corrected chi connectivity index (χ0v) is 12.1. The molecular formula is C16H23N3O. The molecule has 1 aliphatic carbocycles. The van der Waals surface area contributed by atoms with Crippen LogP contribution in [0.1, 0.15) is 24.8 Å². The first-order chi connectivity index (χ1) is 9.65. The van der Waals surface area contributed by atoms with Crippen LogP contribution in [0.15, 0.2) is 18.2 Å². The maximum Gasteiger partial charge on any atom is 0.241 e. The van der Waals surface area contributed by atoms with E-state index in [1.807, 2.05) is 24.1 Å². The van der Waals surface area contributed by atoms with Crippen LogP contribution in [0.2, 0.25) is 0 Å². The van der Waals surface area contributed by atoms with Gasteiger partial charge in [0, 0.05) is 31.5 Å². The summed E-state index contributed by atoms with van der Waals surface area (Å²) in [7, 11) is 1.92. The van der Waals surface area contributed by atoms with Gasteiger partial charge in [0.1, 0.15) is 0 Å². The number of fused-ring (bicyclic) bond motifs is 1. The Labute approximate surface area is 120 Å². The van der Waals surface area contributed by atoms with Crippen molar-refractivity contribution >= 4 is 17.3 Å². The first-order valence-corrected chi connectivity index (χ1v) is 7.51. The Morgan fingerprint density at radius 3 is 3.00 bits per heavy atom. The molecule has 0 spiro atoms. The molecule has 108 valence electrons. The van der Waals surface area contributed by atoms with Crippen molar-refractivity contribution in [1.29, 1.82) is 0 Å². The van der Waals surface area contributed by atoms with E-state index in [0.717, 1.165) is 43.2 Å². The molecule has 4 heteroatoms. The third-order valence-corrected chi connectivity index (χ3v) is 4.36. The van der Waals surface area contributed by atoms with E-state index in [9.17, 15) is 4.79 Å². The Morgan fingerprint density at radius 1 is 1.45 bits per heavy atom. The van der Waals surface area contributed by atoms with E-state index in [0.29, 0.717) is 6.54 Å². The molecule has 4 nitrogen and oxygen atoms in total. The standard InChI is InChI=1S/C16H23N3O/c1-18(10-12-7-8-12)16(20)11-19-9-3-4-13-14(17)5-2-6-15(13)19/h2,5-6,12H,3-4,7-11,17H2,1H3. The van der Waals surface area contributed by atoms with Crippen molar-refractivity contribution in [3.8, 4) is 0 Å². The van der Waals surface area contributed by atoms with Crippen molar-refractivity contribution in [2.24, 2.45) is 5.92 Å². The zero-order valence-electron chi connectivity index (χ0n) is 12.1. The van der Waals surface area contributed by atoms with Gasteiger partial charge in [0.05, 0.1) is 6.54 Å². The maximum absolute atomic E-state index is 12.3. The summed E-state index contributed by atoms with van der Waals surface area (Å²) in [4.78, 5) is 16.4. The summed E-state index contributed by atoms with van der Waals surface area (Å²) in [5.74, 6) is 0.959. The minimum Gasteiger partial charge on any atom is -0.398 e. The molecule has 0 bridgehead atoms. The third kappa shape index (κ3) is 2.74. The summed E-state index contributed by atoms with van der Waals surface area (Å²) >= 11 is 0. The van der Waals surface area contributed by atoms with Gasteiger partial charge in [0.25, 0.3) is 0 Å². The van der Waals surface area contributed by atoms with E-state index < -0.39 is 0 Å². The lowest BCUT2D eigenvalue weighted by atomic mass is 10.00. The molecule has 1 fully saturated rings. The Bertz CT molecular complexity index is 510. The molecule has 1 amide bonds. The zero-order chi connectivity index (χ0) is 14.1. The number of amides is 1. The average Bonchev–Trinajstić information content (AvgIpc) is 3.24. The number of nitrogens with two attached hydrogens (primary N) is 1. The van der Waals surface area contributed by atoms with E-state index in [-0.39, 0.29) is 5.91 Å². The highest BCUT2D eigenvalue weighted by Gasteiger charge is 2.26. The van der Waals surface area contributed by atoms with Crippen molar-refractivity contribution in [3.05, 3.63) is 23.8 Å². The first-order valence-electron chi connectivity index (χ1n) is 7.51. The summed E-state index contributed by atoms with van der Waals surface area (Å²) in [6, 6.07) is 6.01. The van der Waals surface area contributed by atoms with Gasteiger partial charge in [-0.1, -0.05) is 6.07 Å². The second kappa shape index (κ2) is 5.35. The molecule has 0 atom stereocenters. The number of carbonyl (C=O) groups excluding carboxylic acids is 1. The fraction of sp³-hybridized carbons (Fsp3) is 0.562. The topological polar surface area (TPSA) is 49.6 Å². The van der Waals surface area contributed by atoms with Crippen LogP contribution in [0.5, 0.6) is 0 Å². The molecule has 1 aromatic carbocycles. The molecule has 0 radical (unpaired) electrons. The number of hydrogen-bond donors (Lipinski definition) is 1. The molecule has 20 heavy (non-hydrogen) atoms. The number of nitrogen functional groups attached to an aromatic ring is 1. The van der Waals surface area contributed by atoms with Crippen LogP contribution >= 0.6 is 0 Å². The molecule has 1 saturated carbocycles. The van der Waals surface area contributed by atoms with Crippen LogP contribution in [0, 0.1) is 5.92 Å². The minimum absolute atomic E-state index is 0.215. The Kier molecular flexibility index (Phi) is 3.55. The Morgan fingerprint density at radius 2 is 2.25 bits per heavy atom. The van der Waals surface area contributed by atoms with Crippen molar-refractivity contribution in [1.82, 2.24) is 4.90 Å². The first kappa shape index (κ1) is 13.3. The molecule has 1 heterocycles. The van der Waals surface area contributed by atoms with E-state index in [2.05, 4.69) is 11.0 Å². The van der Waals surface area contributed by atoms with Crippen LogP contribution in [-0.4, -0.2) is 37.5 Å². The van der Waals surface area contributed by atoms with E-state index in [1.54, 1.807) is 0 Å². The van der Waals surface area contributed by atoms with Gasteiger partial charge in [-0.3, -0.25) is 4.79 Å². The monoisotopic (exact) mass is 273 g/mol. The van der Waals surface area contributed by atoms with Gasteiger partial charge in [-0.15, -0.1) is 0 Å².